The SMILES string of the molecule is COc1cc(Cl)c(C)cc1Nc1cccc(Br)c1C#N. The third-order valence-electron chi connectivity index (χ3n) is 2.88. The Balaban J connectivity index is 2.48. The van der Waals surface area contributed by atoms with Gasteiger partial charge in [-0.15, -0.1) is 0 Å². The largest absolute Gasteiger partial charge is 0.495 e. The number of hydrogen-bond acceptors (Lipinski definition) is 3. The third-order valence-corrected chi connectivity index (χ3v) is 3.94. The van der Waals surface area contributed by atoms with Crippen molar-refractivity contribution in [1.29, 1.82) is 5.26 Å². The number of ether oxygens (including phenoxy) is 1. The van der Waals surface area contributed by atoms with E-state index in [-0.39, 0.29) is 0 Å². The first kappa shape index (κ1) is 14.7. The summed E-state index contributed by atoms with van der Waals surface area (Å²) in [4.78, 5) is 0. The first-order chi connectivity index (χ1) is 9.56. The monoisotopic (exact) mass is 350 g/mol. The van der Waals surface area contributed by atoms with E-state index in [1.807, 2.05) is 31.2 Å². The average Bonchev–Trinajstić information content (AvgIpc) is 2.43. The predicted molar refractivity (Wildman–Crippen MR) is 84.9 cm³/mol. The maximum atomic E-state index is 9.23. The molecule has 2 rings (SSSR count). The van der Waals surface area contributed by atoms with Crippen molar-refractivity contribution in [2.75, 3.05) is 12.4 Å². The maximum absolute atomic E-state index is 9.23. The minimum atomic E-state index is 0.544. The molecule has 0 aromatic heterocycles. The third kappa shape index (κ3) is 2.90. The summed E-state index contributed by atoms with van der Waals surface area (Å²) in [5, 5.41) is 13.1. The number of methoxy groups -OCH3 is 1. The lowest BCUT2D eigenvalue weighted by atomic mass is 10.1. The van der Waals surface area contributed by atoms with Crippen molar-refractivity contribution in [1.82, 2.24) is 0 Å². The van der Waals surface area contributed by atoms with Crippen molar-refractivity contribution < 1.29 is 4.74 Å². The van der Waals surface area contributed by atoms with Crippen molar-refractivity contribution in [3.63, 3.8) is 0 Å². The number of benzene rings is 2. The molecule has 0 aliphatic carbocycles. The zero-order valence-corrected chi connectivity index (χ0v) is 13.3. The van der Waals surface area contributed by atoms with Crippen LogP contribution in [-0.4, -0.2) is 7.11 Å². The summed E-state index contributed by atoms with van der Waals surface area (Å²) >= 11 is 9.45. The quantitative estimate of drug-likeness (QED) is 0.843. The second-order valence-corrected chi connectivity index (χ2v) is 5.46. The summed E-state index contributed by atoms with van der Waals surface area (Å²) in [6, 6.07) is 11.3. The number of aryl methyl sites for hydroxylation is 1. The molecule has 0 aliphatic rings. The Kier molecular flexibility index (Phi) is 4.53. The Bertz CT molecular complexity index is 695. The standard InChI is InChI=1S/C15H12BrClN2O/c1-9-6-14(15(20-2)7-12(9)17)19-13-5-3-4-11(16)10(13)8-18/h3-7,19H,1-2H3. The van der Waals surface area contributed by atoms with Crippen molar-refractivity contribution >= 4 is 38.9 Å². The molecule has 5 heteroatoms. The van der Waals surface area contributed by atoms with E-state index in [1.165, 1.54) is 0 Å². The molecule has 20 heavy (non-hydrogen) atoms. The minimum Gasteiger partial charge on any atom is -0.495 e. The van der Waals surface area contributed by atoms with E-state index in [4.69, 9.17) is 16.3 Å². The highest BCUT2D eigenvalue weighted by atomic mass is 79.9. The van der Waals surface area contributed by atoms with E-state index < -0.39 is 0 Å². The minimum absolute atomic E-state index is 0.544. The molecule has 0 amide bonds. The van der Waals surface area contributed by atoms with E-state index in [2.05, 4.69) is 27.3 Å². The van der Waals surface area contributed by atoms with E-state index >= 15 is 0 Å². The highest BCUT2D eigenvalue weighted by Gasteiger charge is 2.11. The fraction of sp³-hybridized carbons (Fsp3) is 0.133. The number of nitrogens with one attached hydrogen (secondary N) is 1. The van der Waals surface area contributed by atoms with Gasteiger partial charge in [0.2, 0.25) is 0 Å². The van der Waals surface area contributed by atoms with Crippen LogP contribution in [0.25, 0.3) is 0 Å². The van der Waals surface area contributed by atoms with Crippen LogP contribution in [-0.2, 0) is 0 Å². The number of nitriles is 1. The van der Waals surface area contributed by atoms with Crippen molar-refractivity contribution in [3.05, 3.63) is 51.0 Å². The van der Waals surface area contributed by atoms with Gasteiger partial charge in [-0.3, -0.25) is 0 Å². The fourth-order valence-corrected chi connectivity index (χ4v) is 2.43. The van der Waals surface area contributed by atoms with Gasteiger partial charge in [0.05, 0.1) is 24.0 Å². The molecular weight excluding hydrogens is 340 g/mol. The van der Waals surface area contributed by atoms with Crippen molar-refractivity contribution in [2.24, 2.45) is 0 Å². The van der Waals surface area contributed by atoms with Gasteiger partial charge >= 0.3 is 0 Å². The second-order valence-electron chi connectivity index (χ2n) is 4.20. The highest BCUT2D eigenvalue weighted by molar-refractivity contribution is 9.10. The molecular formula is C15H12BrClN2O. The van der Waals surface area contributed by atoms with Crippen LogP contribution in [0, 0.1) is 18.3 Å². The second kappa shape index (κ2) is 6.17. The molecule has 0 saturated heterocycles. The zero-order valence-electron chi connectivity index (χ0n) is 11.0. The summed E-state index contributed by atoms with van der Waals surface area (Å²) < 4.78 is 6.06. The molecule has 0 unspecified atom stereocenters. The van der Waals surface area contributed by atoms with E-state index in [0.29, 0.717) is 22.0 Å². The molecule has 0 radical (unpaired) electrons. The van der Waals surface area contributed by atoms with Gasteiger partial charge in [-0.1, -0.05) is 17.7 Å². The van der Waals surface area contributed by atoms with Crippen LogP contribution < -0.4 is 10.1 Å². The van der Waals surface area contributed by atoms with Crippen LogP contribution in [0.3, 0.4) is 0 Å². The Morgan fingerprint density at radius 2 is 2.05 bits per heavy atom. The van der Waals surface area contributed by atoms with E-state index in [9.17, 15) is 5.26 Å². The lowest BCUT2D eigenvalue weighted by Gasteiger charge is -2.14. The molecule has 0 saturated carbocycles. The number of hydrogen-bond donors (Lipinski definition) is 1. The topological polar surface area (TPSA) is 45.0 Å². The Hall–Kier alpha value is -1.70. The molecule has 3 nitrogen and oxygen atoms in total. The molecule has 102 valence electrons. The molecule has 0 spiro atoms. The normalized spacial score (nSPS) is 9.95. The van der Waals surface area contributed by atoms with E-state index in [0.717, 1.165) is 15.7 Å². The smallest absolute Gasteiger partial charge is 0.143 e. The van der Waals surface area contributed by atoms with Crippen LogP contribution in [0.1, 0.15) is 11.1 Å². The highest BCUT2D eigenvalue weighted by Crippen LogP contribution is 2.35. The van der Waals surface area contributed by atoms with Gasteiger partial charge in [-0.05, 0) is 46.6 Å². The fourth-order valence-electron chi connectivity index (χ4n) is 1.82. The zero-order chi connectivity index (χ0) is 14.7. The first-order valence-electron chi connectivity index (χ1n) is 5.86. The van der Waals surface area contributed by atoms with Crippen LogP contribution in [0.15, 0.2) is 34.8 Å². The Morgan fingerprint density at radius 3 is 2.70 bits per heavy atom. The summed E-state index contributed by atoms with van der Waals surface area (Å²) in [6.07, 6.45) is 0. The molecule has 1 N–H and O–H groups in total. The molecule has 0 heterocycles. The molecule has 0 bridgehead atoms. The van der Waals surface area contributed by atoms with Crippen molar-refractivity contribution in [3.8, 4) is 11.8 Å². The van der Waals surface area contributed by atoms with Gasteiger partial charge in [0.1, 0.15) is 11.8 Å². The van der Waals surface area contributed by atoms with Gasteiger partial charge < -0.3 is 10.1 Å². The van der Waals surface area contributed by atoms with Crippen LogP contribution in [0.2, 0.25) is 5.02 Å². The number of nitrogens with zero attached hydrogens (tertiary/aromatic N) is 1. The maximum Gasteiger partial charge on any atom is 0.143 e. The molecule has 0 fully saturated rings. The number of anilines is 2. The molecule has 0 atom stereocenters. The summed E-state index contributed by atoms with van der Waals surface area (Å²) in [5.74, 6) is 0.629. The summed E-state index contributed by atoms with van der Waals surface area (Å²) in [5.41, 5.74) is 2.96. The predicted octanol–water partition coefficient (Wildman–Crippen LogP) is 5.03. The van der Waals surface area contributed by atoms with Gasteiger partial charge in [0.15, 0.2) is 0 Å². The van der Waals surface area contributed by atoms with E-state index in [1.54, 1.807) is 13.2 Å². The Morgan fingerprint density at radius 1 is 1.30 bits per heavy atom. The number of halogens is 2. The van der Waals surface area contributed by atoms with Gasteiger partial charge in [-0.25, -0.2) is 0 Å². The van der Waals surface area contributed by atoms with Gasteiger partial charge in [0.25, 0.3) is 0 Å². The van der Waals surface area contributed by atoms with Crippen LogP contribution in [0.4, 0.5) is 11.4 Å². The van der Waals surface area contributed by atoms with Crippen LogP contribution >= 0.6 is 27.5 Å². The lowest BCUT2D eigenvalue weighted by molar-refractivity contribution is 0.417. The number of rotatable bonds is 3. The average molecular weight is 352 g/mol. The van der Waals surface area contributed by atoms with Crippen molar-refractivity contribution in [2.45, 2.75) is 6.92 Å². The molecule has 2 aromatic rings. The lowest BCUT2D eigenvalue weighted by Crippen LogP contribution is -1.98. The van der Waals surface area contributed by atoms with Gasteiger partial charge in [0, 0.05) is 15.6 Å². The summed E-state index contributed by atoms with van der Waals surface area (Å²) in [7, 11) is 1.58. The Labute approximate surface area is 131 Å². The molecule has 0 aliphatic heterocycles. The molecule has 2 aromatic carbocycles. The van der Waals surface area contributed by atoms with Crippen LogP contribution in [0.5, 0.6) is 5.75 Å². The summed E-state index contributed by atoms with van der Waals surface area (Å²) in [6.45, 7) is 1.92. The first-order valence-corrected chi connectivity index (χ1v) is 7.03. The van der Waals surface area contributed by atoms with Gasteiger partial charge in [-0.2, -0.15) is 5.26 Å².